The van der Waals surface area contributed by atoms with Crippen molar-refractivity contribution in [2.75, 3.05) is 0 Å². The molecule has 0 amide bonds. The predicted octanol–water partition coefficient (Wildman–Crippen LogP) is 2.35. The van der Waals surface area contributed by atoms with Gasteiger partial charge in [-0.05, 0) is 12.1 Å². The lowest BCUT2D eigenvalue weighted by atomic mass is 10.2. The highest BCUT2D eigenvalue weighted by atomic mass is 16.4. The third-order valence-electron chi connectivity index (χ3n) is 1.63. The Kier molecular flexibility index (Phi) is 12.1. The minimum absolute atomic E-state index is 0.222. The Hall–Kier alpha value is -2.37. The summed E-state index contributed by atoms with van der Waals surface area (Å²) in [4.78, 5) is 28.9. The smallest absolute Gasteiger partial charge is 0.335 e. The van der Waals surface area contributed by atoms with Gasteiger partial charge in [-0.2, -0.15) is 0 Å². The molecule has 1 aromatic carbocycles. The van der Waals surface area contributed by atoms with Crippen LogP contribution in [0.5, 0.6) is 0 Å². The fourth-order valence-electron chi connectivity index (χ4n) is 0.581. The van der Waals surface area contributed by atoms with E-state index < -0.39 is 17.9 Å². The van der Waals surface area contributed by atoms with E-state index in [1.807, 2.05) is 0 Å². The van der Waals surface area contributed by atoms with Gasteiger partial charge in [-0.15, -0.1) is 0 Å². The van der Waals surface area contributed by atoms with Crippen molar-refractivity contribution < 1.29 is 29.7 Å². The van der Waals surface area contributed by atoms with Crippen molar-refractivity contribution in [3.8, 4) is 0 Å². The van der Waals surface area contributed by atoms with Crippen LogP contribution in [0.15, 0.2) is 30.3 Å². The normalized spacial score (nSPS) is 8.11. The number of aliphatic carboxylic acids is 2. The molecule has 0 fully saturated rings. The molecule has 0 aliphatic rings. The molecule has 0 radical (unpaired) electrons. The van der Waals surface area contributed by atoms with Crippen LogP contribution in [0.2, 0.25) is 0 Å². The number of benzene rings is 1. The summed E-state index contributed by atoms with van der Waals surface area (Å²) in [6, 6.07) is 8.30. The third-order valence-corrected chi connectivity index (χ3v) is 1.63. The van der Waals surface area contributed by atoms with Crippen molar-refractivity contribution >= 4 is 17.9 Å². The summed E-state index contributed by atoms with van der Waals surface area (Å²) in [6.45, 7) is 3.20. The third kappa shape index (κ3) is 15.6. The van der Waals surface area contributed by atoms with Gasteiger partial charge in [-0.1, -0.05) is 32.0 Å². The number of carboxylic acids is 3. The minimum Gasteiger partial charge on any atom is -0.481 e. The van der Waals surface area contributed by atoms with Gasteiger partial charge in [-0.3, -0.25) is 9.59 Å². The van der Waals surface area contributed by atoms with Crippen molar-refractivity contribution in [3.63, 3.8) is 0 Å². The van der Waals surface area contributed by atoms with E-state index in [9.17, 15) is 14.4 Å². The first-order valence-corrected chi connectivity index (χ1v) is 5.57. The molecule has 0 unspecified atom stereocenters. The van der Waals surface area contributed by atoms with Crippen molar-refractivity contribution in [3.05, 3.63) is 35.9 Å². The monoisotopic (exact) mass is 270 g/mol. The predicted molar refractivity (Wildman–Crippen MR) is 69.3 cm³/mol. The van der Waals surface area contributed by atoms with Gasteiger partial charge in [0, 0.05) is 12.8 Å². The first-order valence-electron chi connectivity index (χ1n) is 5.57. The second-order valence-corrected chi connectivity index (χ2v) is 3.17. The molecule has 0 spiro atoms. The Morgan fingerprint density at radius 3 is 1.32 bits per heavy atom. The lowest BCUT2D eigenvalue weighted by Gasteiger charge is -1.88. The molecule has 0 aromatic heterocycles. The molecule has 0 atom stereocenters. The van der Waals surface area contributed by atoms with Gasteiger partial charge >= 0.3 is 17.9 Å². The van der Waals surface area contributed by atoms with E-state index in [1.54, 1.807) is 44.2 Å². The largest absolute Gasteiger partial charge is 0.481 e. The average molecular weight is 270 g/mol. The number of carboxylic acid groups (broad SMARTS) is 3. The summed E-state index contributed by atoms with van der Waals surface area (Å²) in [7, 11) is 0. The molecule has 0 aliphatic carbocycles. The number of hydrogen-bond acceptors (Lipinski definition) is 3. The molecule has 0 bridgehead atoms. The van der Waals surface area contributed by atoms with Gasteiger partial charge in [0.25, 0.3) is 0 Å². The molecule has 3 N–H and O–H groups in total. The molecular weight excluding hydrogens is 252 g/mol. The van der Waals surface area contributed by atoms with Crippen LogP contribution in [0.3, 0.4) is 0 Å². The molecule has 6 nitrogen and oxygen atoms in total. The minimum atomic E-state index is -0.879. The summed E-state index contributed by atoms with van der Waals surface area (Å²) >= 11 is 0. The van der Waals surface area contributed by atoms with Crippen molar-refractivity contribution in [1.29, 1.82) is 0 Å². The van der Waals surface area contributed by atoms with E-state index in [2.05, 4.69) is 0 Å². The molecule has 0 heterocycles. The van der Waals surface area contributed by atoms with Gasteiger partial charge in [-0.25, -0.2) is 4.79 Å². The molecule has 19 heavy (non-hydrogen) atoms. The van der Waals surface area contributed by atoms with Gasteiger partial charge in [0.05, 0.1) is 5.56 Å². The van der Waals surface area contributed by atoms with Crippen LogP contribution >= 0.6 is 0 Å². The second kappa shape index (κ2) is 12.1. The van der Waals surface area contributed by atoms with Gasteiger partial charge < -0.3 is 15.3 Å². The molecule has 1 aromatic rings. The van der Waals surface area contributed by atoms with Crippen LogP contribution in [0, 0.1) is 0 Å². The number of hydrogen-bond donors (Lipinski definition) is 3. The molecular formula is C13H18O6. The van der Waals surface area contributed by atoms with E-state index in [4.69, 9.17) is 15.3 Å². The van der Waals surface area contributed by atoms with Crippen molar-refractivity contribution in [2.24, 2.45) is 0 Å². The highest BCUT2D eigenvalue weighted by molar-refractivity contribution is 5.87. The van der Waals surface area contributed by atoms with Crippen LogP contribution in [0.25, 0.3) is 0 Å². The molecule has 0 saturated carbocycles. The second-order valence-electron chi connectivity index (χ2n) is 3.17. The van der Waals surface area contributed by atoms with Crippen LogP contribution in [0.1, 0.15) is 37.0 Å². The Morgan fingerprint density at radius 2 is 1.16 bits per heavy atom. The summed E-state index contributed by atoms with van der Waals surface area (Å²) < 4.78 is 0. The van der Waals surface area contributed by atoms with Gasteiger partial charge in [0.1, 0.15) is 0 Å². The maximum absolute atomic E-state index is 10.2. The van der Waals surface area contributed by atoms with Crippen molar-refractivity contribution in [1.82, 2.24) is 0 Å². The van der Waals surface area contributed by atoms with E-state index >= 15 is 0 Å². The van der Waals surface area contributed by atoms with Crippen LogP contribution in [-0.2, 0) is 9.59 Å². The first-order chi connectivity index (χ1) is 8.84. The lowest BCUT2D eigenvalue weighted by molar-refractivity contribution is -0.137. The summed E-state index contributed by atoms with van der Waals surface area (Å²) in [6.07, 6.45) is 0.444. The molecule has 106 valence electrons. The van der Waals surface area contributed by atoms with Gasteiger partial charge in [0.2, 0.25) is 0 Å². The van der Waals surface area contributed by atoms with E-state index in [1.165, 1.54) is 0 Å². The highest BCUT2D eigenvalue weighted by Crippen LogP contribution is 1.96. The Balaban J connectivity index is 0. The van der Waals surface area contributed by atoms with E-state index in [0.717, 1.165) is 0 Å². The molecule has 0 saturated heterocycles. The lowest BCUT2D eigenvalue weighted by Crippen LogP contribution is -1.93. The zero-order valence-corrected chi connectivity index (χ0v) is 10.9. The Morgan fingerprint density at radius 1 is 0.842 bits per heavy atom. The standard InChI is InChI=1S/C7H6O2.2C3H6O2/c8-7(9)6-4-2-1-3-5-6;2*1-2-3(4)5/h1-5H,(H,8,9);2*2H2,1H3,(H,4,5). The fraction of sp³-hybridized carbons (Fsp3) is 0.308. The Bertz CT molecular complexity index is 371. The summed E-state index contributed by atoms with van der Waals surface area (Å²) in [5.74, 6) is -2.37. The van der Waals surface area contributed by atoms with Crippen LogP contribution in [0.4, 0.5) is 0 Å². The maximum Gasteiger partial charge on any atom is 0.335 e. The van der Waals surface area contributed by atoms with Gasteiger partial charge in [0.15, 0.2) is 0 Å². The maximum atomic E-state index is 10.2. The van der Waals surface area contributed by atoms with E-state index in [0.29, 0.717) is 5.56 Å². The molecule has 6 heteroatoms. The quantitative estimate of drug-likeness (QED) is 0.777. The van der Waals surface area contributed by atoms with E-state index in [-0.39, 0.29) is 12.8 Å². The Labute approximate surface area is 111 Å². The van der Waals surface area contributed by atoms with Crippen LogP contribution in [-0.4, -0.2) is 33.2 Å². The SMILES string of the molecule is CCC(=O)O.CCC(=O)O.O=C(O)c1ccccc1. The summed E-state index contributed by atoms with van der Waals surface area (Å²) in [5.41, 5.74) is 0.331. The fourth-order valence-corrected chi connectivity index (χ4v) is 0.581. The zero-order valence-electron chi connectivity index (χ0n) is 10.9. The number of carbonyl (C=O) groups is 3. The van der Waals surface area contributed by atoms with Crippen LogP contribution < -0.4 is 0 Å². The average Bonchev–Trinajstić information content (AvgIpc) is 2.41. The van der Waals surface area contributed by atoms with Crippen molar-refractivity contribution in [2.45, 2.75) is 26.7 Å². The molecule has 0 aliphatic heterocycles. The number of rotatable bonds is 3. The first kappa shape index (κ1) is 19.0. The summed E-state index contributed by atoms with van der Waals surface area (Å²) in [5, 5.41) is 23.8. The topological polar surface area (TPSA) is 112 Å². The number of aromatic carboxylic acids is 1. The highest BCUT2D eigenvalue weighted by Gasteiger charge is 1.96. The zero-order chi connectivity index (χ0) is 15.3. The molecule has 1 rings (SSSR count).